The molecule has 3 atom stereocenters. The van der Waals surface area contributed by atoms with Gasteiger partial charge in [0.2, 0.25) is 5.91 Å². The molecule has 0 aromatic rings. The average molecular weight is 312 g/mol. The minimum atomic E-state index is -0.342. The lowest BCUT2D eigenvalue weighted by atomic mass is 10.0. The van der Waals surface area contributed by atoms with Crippen LogP contribution in [-0.2, 0) is 4.79 Å². The standard InChI is InChI=1S/C13H25N3O.2ClH/c1-9(2)12(14)13(17)16-8-11-5-4-6-15(11)7-10(16)3;;/h9-12H,4-8,14H2,1-3H3;2*1H/t10?,11?,12-;;/m1../s1. The van der Waals surface area contributed by atoms with Crippen LogP contribution >= 0.6 is 24.8 Å². The fourth-order valence-electron chi connectivity index (χ4n) is 2.97. The van der Waals surface area contributed by atoms with E-state index < -0.39 is 0 Å². The van der Waals surface area contributed by atoms with Crippen molar-refractivity contribution in [2.24, 2.45) is 11.7 Å². The number of amides is 1. The molecule has 0 aliphatic carbocycles. The van der Waals surface area contributed by atoms with Crippen molar-refractivity contribution in [1.29, 1.82) is 0 Å². The lowest BCUT2D eigenvalue weighted by molar-refractivity contribution is -0.139. The summed E-state index contributed by atoms with van der Waals surface area (Å²) >= 11 is 0. The zero-order chi connectivity index (χ0) is 12.6. The predicted octanol–water partition coefficient (Wildman–Crippen LogP) is 1.51. The van der Waals surface area contributed by atoms with Gasteiger partial charge >= 0.3 is 0 Å². The van der Waals surface area contributed by atoms with Crippen LogP contribution in [0.25, 0.3) is 0 Å². The lowest BCUT2D eigenvalue weighted by Gasteiger charge is -2.43. The smallest absolute Gasteiger partial charge is 0.240 e. The van der Waals surface area contributed by atoms with E-state index in [0.29, 0.717) is 12.1 Å². The SMILES string of the molecule is CC(C)[C@@H](N)C(=O)N1CC2CCCN2CC1C.Cl.Cl. The van der Waals surface area contributed by atoms with Crippen LogP contribution in [-0.4, -0.2) is 53.5 Å². The maximum absolute atomic E-state index is 12.3. The zero-order valence-electron chi connectivity index (χ0n) is 12.0. The van der Waals surface area contributed by atoms with E-state index >= 15 is 0 Å². The Labute approximate surface area is 128 Å². The molecule has 0 saturated carbocycles. The zero-order valence-corrected chi connectivity index (χ0v) is 13.7. The maximum Gasteiger partial charge on any atom is 0.240 e. The Morgan fingerprint density at radius 3 is 2.47 bits per heavy atom. The van der Waals surface area contributed by atoms with E-state index in [4.69, 9.17) is 5.73 Å². The van der Waals surface area contributed by atoms with Crippen LogP contribution in [0.5, 0.6) is 0 Å². The van der Waals surface area contributed by atoms with Crippen molar-refractivity contribution in [3.63, 3.8) is 0 Å². The quantitative estimate of drug-likeness (QED) is 0.841. The Balaban J connectivity index is 0.00000162. The van der Waals surface area contributed by atoms with E-state index in [1.165, 1.54) is 19.4 Å². The predicted molar refractivity (Wildman–Crippen MR) is 83.1 cm³/mol. The van der Waals surface area contributed by atoms with Crippen LogP contribution in [0, 0.1) is 5.92 Å². The number of piperazine rings is 1. The third-order valence-corrected chi connectivity index (χ3v) is 4.22. The molecular formula is C13H27Cl2N3O. The third-order valence-electron chi connectivity index (χ3n) is 4.22. The second-order valence-electron chi connectivity index (χ2n) is 5.90. The highest BCUT2D eigenvalue weighted by molar-refractivity contribution is 5.85. The van der Waals surface area contributed by atoms with Crippen LogP contribution in [0.1, 0.15) is 33.6 Å². The molecule has 0 aromatic heterocycles. The van der Waals surface area contributed by atoms with Crippen LogP contribution < -0.4 is 5.73 Å². The summed E-state index contributed by atoms with van der Waals surface area (Å²) in [6.07, 6.45) is 2.50. The molecule has 2 heterocycles. The second-order valence-corrected chi connectivity index (χ2v) is 5.90. The number of rotatable bonds is 2. The van der Waals surface area contributed by atoms with Gasteiger partial charge in [-0.05, 0) is 32.2 Å². The normalized spacial score (nSPS) is 28.4. The van der Waals surface area contributed by atoms with E-state index in [9.17, 15) is 4.79 Å². The first kappa shape index (κ1) is 19.0. The van der Waals surface area contributed by atoms with E-state index in [1.807, 2.05) is 18.7 Å². The first-order valence-electron chi connectivity index (χ1n) is 6.80. The Morgan fingerprint density at radius 1 is 1.26 bits per heavy atom. The monoisotopic (exact) mass is 311 g/mol. The molecule has 19 heavy (non-hydrogen) atoms. The fourth-order valence-corrected chi connectivity index (χ4v) is 2.97. The van der Waals surface area contributed by atoms with Crippen molar-refractivity contribution in [2.75, 3.05) is 19.6 Å². The number of fused-ring (bicyclic) bond motifs is 1. The van der Waals surface area contributed by atoms with E-state index in [0.717, 1.165) is 13.1 Å². The van der Waals surface area contributed by atoms with Crippen molar-refractivity contribution in [2.45, 2.75) is 51.7 Å². The lowest BCUT2D eigenvalue weighted by Crippen LogP contribution is -2.60. The molecule has 2 aliphatic heterocycles. The number of nitrogens with two attached hydrogens (primary N) is 1. The summed E-state index contributed by atoms with van der Waals surface area (Å²) in [6, 6.07) is 0.543. The van der Waals surface area contributed by atoms with Crippen LogP contribution in [0.15, 0.2) is 0 Å². The molecule has 6 heteroatoms. The molecule has 2 aliphatic rings. The molecule has 0 spiro atoms. The van der Waals surface area contributed by atoms with Crippen LogP contribution in [0.3, 0.4) is 0 Å². The molecular weight excluding hydrogens is 285 g/mol. The summed E-state index contributed by atoms with van der Waals surface area (Å²) < 4.78 is 0. The molecule has 2 saturated heterocycles. The van der Waals surface area contributed by atoms with E-state index in [2.05, 4.69) is 11.8 Å². The summed E-state index contributed by atoms with van der Waals surface area (Å²) in [5.74, 6) is 0.357. The largest absolute Gasteiger partial charge is 0.336 e. The average Bonchev–Trinajstić information content (AvgIpc) is 2.72. The highest BCUT2D eigenvalue weighted by atomic mass is 35.5. The van der Waals surface area contributed by atoms with Gasteiger partial charge in [-0.2, -0.15) is 0 Å². The fraction of sp³-hybridized carbons (Fsp3) is 0.923. The molecule has 0 aromatic carbocycles. The number of halogens is 2. The Hall–Kier alpha value is -0.0300. The molecule has 0 radical (unpaired) electrons. The minimum Gasteiger partial charge on any atom is -0.336 e. The molecule has 114 valence electrons. The molecule has 2 N–H and O–H groups in total. The summed E-state index contributed by atoms with van der Waals surface area (Å²) in [5, 5.41) is 0. The van der Waals surface area contributed by atoms with Gasteiger partial charge in [-0.1, -0.05) is 13.8 Å². The van der Waals surface area contributed by atoms with Crippen LogP contribution in [0.2, 0.25) is 0 Å². The molecule has 0 bridgehead atoms. The van der Waals surface area contributed by atoms with Crippen molar-refractivity contribution >= 4 is 30.7 Å². The minimum absolute atomic E-state index is 0. The van der Waals surface area contributed by atoms with Crippen molar-refractivity contribution in [1.82, 2.24) is 9.80 Å². The summed E-state index contributed by atoms with van der Waals surface area (Å²) in [6.45, 7) is 9.26. The number of hydrogen-bond acceptors (Lipinski definition) is 3. The number of nitrogens with zero attached hydrogens (tertiary/aromatic N) is 2. The Bertz CT molecular complexity index is 302. The first-order chi connectivity index (χ1) is 8.00. The maximum atomic E-state index is 12.3. The topological polar surface area (TPSA) is 49.6 Å². The van der Waals surface area contributed by atoms with Crippen molar-refractivity contribution < 1.29 is 4.79 Å². The van der Waals surface area contributed by atoms with Gasteiger partial charge in [0.1, 0.15) is 0 Å². The first-order valence-corrected chi connectivity index (χ1v) is 6.80. The van der Waals surface area contributed by atoms with Gasteiger partial charge in [0, 0.05) is 25.2 Å². The molecule has 2 fully saturated rings. The van der Waals surface area contributed by atoms with Crippen molar-refractivity contribution in [3.8, 4) is 0 Å². The molecule has 2 rings (SSSR count). The van der Waals surface area contributed by atoms with Gasteiger partial charge < -0.3 is 10.6 Å². The number of carbonyl (C=O) groups is 1. The summed E-state index contributed by atoms with van der Waals surface area (Å²) in [7, 11) is 0. The van der Waals surface area contributed by atoms with Gasteiger partial charge in [0.05, 0.1) is 6.04 Å². The third kappa shape index (κ3) is 3.97. The highest BCUT2D eigenvalue weighted by Gasteiger charge is 2.38. The number of hydrogen-bond donors (Lipinski definition) is 1. The number of carbonyl (C=O) groups excluding carboxylic acids is 1. The molecule has 1 amide bonds. The van der Waals surface area contributed by atoms with Gasteiger partial charge in [0.25, 0.3) is 0 Å². The van der Waals surface area contributed by atoms with Gasteiger partial charge in [-0.3, -0.25) is 9.69 Å². The molecule has 4 nitrogen and oxygen atoms in total. The van der Waals surface area contributed by atoms with Crippen molar-refractivity contribution in [3.05, 3.63) is 0 Å². The van der Waals surface area contributed by atoms with Gasteiger partial charge in [-0.25, -0.2) is 0 Å². The van der Waals surface area contributed by atoms with Gasteiger partial charge in [-0.15, -0.1) is 24.8 Å². The van der Waals surface area contributed by atoms with E-state index in [1.54, 1.807) is 0 Å². The summed E-state index contributed by atoms with van der Waals surface area (Å²) in [4.78, 5) is 16.9. The Morgan fingerprint density at radius 2 is 1.89 bits per heavy atom. The van der Waals surface area contributed by atoms with E-state index in [-0.39, 0.29) is 42.7 Å². The Kier molecular flexibility index (Phi) is 7.66. The molecule has 2 unspecified atom stereocenters. The highest BCUT2D eigenvalue weighted by Crippen LogP contribution is 2.25. The van der Waals surface area contributed by atoms with Gasteiger partial charge in [0.15, 0.2) is 0 Å². The second kappa shape index (κ2) is 7.67. The van der Waals surface area contributed by atoms with Crippen LogP contribution in [0.4, 0.5) is 0 Å². The summed E-state index contributed by atoms with van der Waals surface area (Å²) in [5.41, 5.74) is 5.99.